The fourth-order valence-corrected chi connectivity index (χ4v) is 15.7. The second-order valence-corrected chi connectivity index (χ2v) is 33.7. The fourth-order valence-electron chi connectivity index (χ4n) is 15.3. The van der Waals surface area contributed by atoms with Crippen LogP contribution in [0.15, 0.2) is 0 Å². The third-order valence-electron chi connectivity index (χ3n) is 22.1. The summed E-state index contributed by atoms with van der Waals surface area (Å²) < 4.78 is 5.92. The zero-order valence-corrected chi connectivity index (χ0v) is 68.6. The largest absolute Gasteiger partial charge is 0.391 e. The first-order valence-electron chi connectivity index (χ1n) is 39.6. The Morgan fingerprint density at radius 2 is 0.915 bits per heavy atom. The first-order chi connectivity index (χ1) is 49.7. The van der Waals surface area contributed by atoms with E-state index in [0.717, 1.165) is 61.2 Å². The highest BCUT2D eigenvalue weighted by Gasteiger charge is 2.46. The molecule has 4 aliphatic rings. The number of halogens is 1. The van der Waals surface area contributed by atoms with Gasteiger partial charge < -0.3 is 75.4 Å². The summed E-state index contributed by atoms with van der Waals surface area (Å²) in [4.78, 5) is 192. The molecule has 4 rings (SSSR count). The van der Waals surface area contributed by atoms with Crippen molar-refractivity contribution in [3.8, 4) is 0 Å². The number of carbonyl (C=O) groups is 12. The van der Waals surface area contributed by atoms with Crippen LogP contribution in [0.5, 0.6) is 0 Å². The van der Waals surface area contributed by atoms with Gasteiger partial charge in [-0.15, -0.1) is 11.6 Å². The molecule has 2 saturated carbocycles. The fraction of sp³-hybridized carbons (Fsp3) is 0.846. The highest BCUT2D eigenvalue weighted by atomic mass is 35.5. The Kier molecular flexibility index (Phi) is 38.7. The molecule has 0 aromatic heterocycles. The molecule has 0 aromatic rings. The van der Waals surface area contributed by atoms with Crippen LogP contribution in [0, 0.1) is 41.4 Å². The lowest BCUT2D eigenvalue weighted by Crippen LogP contribution is -2.63. The van der Waals surface area contributed by atoms with E-state index in [1.165, 1.54) is 80.6 Å². The van der Waals surface area contributed by atoms with E-state index in [1.807, 2.05) is 69.2 Å². The summed E-state index contributed by atoms with van der Waals surface area (Å²) in [6.07, 6.45) is 7.56. The number of ether oxygens (including phenoxy) is 1. The number of likely N-dealkylation sites (N-methyl/N-ethyl adjacent to an activating group) is 6. The molecule has 28 heteroatoms. The quantitative estimate of drug-likeness (QED) is 0.0796. The Balaban J connectivity index is 1.98. The van der Waals surface area contributed by atoms with Gasteiger partial charge in [0, 0.05) is 80.8 Å². The summed E-state index contributed by atoms with van der Waals surface area (Å²) in [5.41, 5.74) is 0. The van der Waals surface area contributed by atoms with Crippen LogP contribution in [-0.4, -0.2) is 280 Å². The number of alkyl halides is 1. The van der Waals surface area contributed by atoms with Gasteiger partial charge >= 0.3 is 0 Å². The molecule has 4 fully saturated rings. The van der Waals surface area contributed by atoms with E-state index in [1.54, 1.807) is 11.9 Å². The Hall–Kier alpha value is -6.19. The normalized spacial score (nSPS) is 28.6. The van der Waals surface area contributed by atoms with Crippen LogP contribution in [0.4, 0.5) is 0 Å². The maximum absolute atomic E-state index is 15.9. The topological polar surface area (TPSA) is 329 Å². The van der Waals surface area contributed by atoms with Gasteiger partial charge in [-0.1, -0.05) is 121 Å². The molecule has 0 radical (unpaired) electrons. The lowest BCUT2D eigenvalue weighted by Gasteiger charge is -2.40. The van der Waals surface area contributed by atoms with Gasteiger partial charge in [0.15, 0.2) is 0 Å². The molecule has 2 unspecified atom stereocenters. The van der Waals surface area contributed by atoms with E-state index in [9.17, 15) is 29.4 Å². The van der Waals surface area contributed by atoms with Crippen LogP contribution in [0.3, 0.4) is 0 Å². The van der Waals surface area contributed by atoms with Crippen molar-refractivity contribution in [3.63, 3.8) is 0 Å². The van der Waals surface area contributed by atoms with E-state index in [-0.39, 0.29) is 105 Å². The number of nitrogens with one attached hydrogen (secondary N) is 4. The van der Waals surface area contributed by atoms with Crippen molar-refractivity contribution >= 4 is 82.5 Å². The number of aliphatic hydroxyl groups excluding tert-OH is 2. The zero-order chi connectivity index (χ0) is 79.7. The molecule has 12 amide bonds. The van der Waals surface area contributed by atoms with Crippen molar-refractivity contribution in [2.24, 2.45) is 41.4 Å². The molecule has 2 aliphatic heterocycles. The molecular weight excluding hydrogens is 1380 g/mol. The Morgan fingerprint density at radius 1 is 0.472 bits per heavy atom. The molecule has 27 nitrogen and oxygen atoms in total. The molecular formula is C78H137ClN12O15. The third kappa shape index (κ3) is 27.7. The van der Waals surface area contributed by atoms with Gasteiger partial charge in [-0.05, 0) is 132 Å². The van der Waals surface area contributed by atoms with Gasteiger partial charge in [0.1, 0.15) is 60.4 Å². The van der Waals surface area contributed by atoms with Crippen molar-refractivity contribution in [2.75, 3.05) is 82.2 Å². The number of amides is 12. The Morgan fingerprint density at radius 3 is 1.44 bits per heavy atom. The van der Waals surface area contributed by atoms with Gasteiger partial charge in [-0.25, -0.2) is 0 Å². The first-order valence-corrected chi connectivity index (χ1v) is 40.1. The smallest absolute Gasteiger partial charge is 0.248 e. The van der Waals surface area contributed by atoms with E-state index < -0.39 is 162 Å². The number of hydrogen-bond acceptors (Lipinski definition) is 15. The van der Waals surface area contributed by atoms with Crippen LogP contribution in [0.2, 0.25) is 0 Å². The number of aliphatic hydroxyl groups is 2. The summed E-state index contributed by atoms with van der Waals surface area (Å²) in [7, 11) is 10.3. The Bertz CT molecular complexity index is 2890. The van der Waals surface area contributed by atoms with E-state index in [4.69, 9.17) is 16.3 Å². The maximum Gasteiger partial charge on any atom is 0.248 e. The molecule has 15 atom stereocenters. The summed E-state index contributed by atoms with van der Waals surface area (Å²) in [5, 5.41) is 33.3. The maximum atomic E-state index is 15.9. The highest BCUT2D eigenvalue weighted by Crippen LogP contribution is 2.34. The van der Waals surface area contributed by atoms with Crippen molar-refractivity contribution in [1.82, 2.24) is 60.5 Å². The molecule has 6 N–H and O–H groups in total. The first kappa shape index (κ1) is 92.2. The zero-order valence-electron chi connectivity index (χ0n) is 67.8. The second-order valence-electron chi connectivity index (χ2n) is 33.1. The summed E-state index contributed by atoms with van der Waals surface area (Å²) >= 11 is 6.83. The summed E-state index contributed by atoms with van der Waals surface area (Å²) in [6, 6.07) is -13.2. The van der Waals surface area contributed by atoms with Crippen LogP contribution in [0.1, 0.15) is 224 Å². The third-order valence-corrected chi connectivity index (χ3v) is 22.5. The van der Waals surface area contributed by atoms with Gasteiger partial charge in [-0.3, -0.25) is 57.5 Å². The number of nitrogens with zero attached hydrogens (tertiary/aromatic N) is 8. The molecule has 0 aromatic carbocycles. The monoisotopic (exact) mass is 1520 g/mol. The minimum Gasteiger partial charge on any atom is -0.391 e. The van der Waals surface area contributed by atoms with Gasteiger partial charge in [0.2, 0.25) is 70.9 Å². The number of piperidine rings is 1. The molecule has 606 valence electrons. The molecule has 0 bridgehead atoms. The molecule has 106 heavy (non-hydrogen) atoms. The lowest BCUT2D eigenvalue weighted by atomic mass is 9.82. The van der Waals surface area contributed by atoms with Crippen molar-refractivity contribution < 1.29 is 72.5 Å². The van der Waals surface area contributed by atoms with Crippen LogP contribution < -0.4 is 21.3 Å². The van der Waals surface area contributed by atoms with Crippen molar-refractivity contribution in [2.45, 2.75) is 302 Å². The van der Waals surface area contributed by atoms with Gasteiger partial charge in [0.25, 0.3) is 0 Å². The highest BCUT2D eigenvalue weighted by molar-refractivity contribution is 6.20. The average molecular weight is 1520 g/mol. The van der Waals surface area contributed by atoms with Crippen LogP contribution in [-0.2, 0) is 62.3 Å². The van der Waals surface area contributed by atoms with Crippen LogP contribution >= 0.6 is 11.6 Å². The molecule has 0 spiro atoms. The van der Waals surface area contributed by atoms with E-state index >= 15 is 38.4 Å². The molecule has 2 aliphatic carbocycles. The standard InChI is InChI=1S/C78H137ClN12O15/c1-20-51(10)67-77(104)90(19)64(42-54-29-23-21-24-30-54)76(103)88(17)62(43-55-31-27-32-56(79)41-55)70(97)81-58(46-106-45-52(11)92)73(100)86(15)61(39-49(6)7)72(99)83-68(53(12)93)78(105)89(18)63(40-50(8)9)75(102)87(16)60(38-48(4)5)69(96)80-57(74(101)91-35-25-22-26-36-91)44-66(95)84(13)34-28-33-65(94)85(14)59(37-47(2)3)71(98)82-67/h47-64,67-68,92-93H,20-46H2,1-19H3,(H,80,96)(H,81,97)(H,82,98)(H,83,99)/t51-,52+,53+,55?,56?,57-,58-,59-,60-,61-,62-,63-,64-,67-,68-/m0/s1. The number of likely N-dealkylation sites (tertiary alicyclic amines) is 1. The lowest BCUT2D eigenvalue weighted by molar-refractivity contribution is -0.152. The Labute approximate surface area is 638 Å². The number of rotatable bonds is 20. The predicted molar refractivity (Wildman–Crippen MR) is 408 cm³/mol. The van der Waals surface area contributed by atoms with Crippen molar-refractivity contribution in [3.05, 3.63) is 0 Å². The number of hydrogen-bond donors (Lipinski definition) is 6. The summed E-state index contributed by atoms with van der Waals surface area (Å²) in [5.74, 6) is -9.23. The second kappa shape index (κ2) is 44.5. The minimum absolute atomic E-state index is 0.000312. The van der Waals surface area contributed by atoms with E-state index in [2.05, 4.69) is 21.3 Å². The molecule has 2 saturated heterocycles. The van der Waals surface area contributed by atoms with E-state index in [0.29, 0.717) is 45.2 Å². The molecule has 2 heterocycles. The number of carbonyl (C=O) groups excluding carboxylic acids is 12. The summed E-state index contributed by atoms with van der Waals surface area (Å²) in [6.45, 7) is 21.4. The predicted octanol–water partition coefficient (Wildman–Crippen LogP) is 5.71. The van der Waals surface area contributed by atoms with Crippen LogP contribution in [0.25, 0.3) is 0 Å². The van der Waals surface area contributed by atoms with Crippen molar-refractivity contribution in [1.29, 1.82) is 0 Å². The van der Waals surface area contributed by atoms with Gasteiger partial charge in [-0.2, -0.15) is 0 Å². The SMILES string of the molecule is CC[C@H](C)[C@@H]1NC(=O)[C@H](CC(C)C)N(C)C(=O)CCCN(C)C(=O)C[C@@H](C(=O)N2CCCCC2)NC(=O)[C@H](CC(C)C)N(C)C(=O)[C@H](CC(C)C)N(C)C(=O)[C@H]([C@@H](C)O)NC(=O)[C@H](CC(C)C)N(C)C(=O)[C@H](COC[C@@H](C)O)NC(=O)[C@H](CC2CCCC(Cl)C2)N(C)C(=O)[C@H](CC2CCCCC2)N(C)C1=O. The minimum atomic E-state index is -1.71. The average Bonchev–Trinajstić information content (AvgIpc) is 0.810. The van der Waals surface area contributed by atoms with Gasteiger partial charge in [0.05, 0.1) is 31.8 Å².